The van der Waals surface area contributed by atoms with Crippen molar-refractivity contribution in [3.8, 4) is 5.75 Å². The number of pyridine rings is 1. The Hall–Kier alpha value is -2.21. The number of carboxylic acids is 1. The minimum Gasteiger partial charge on any atom is -0.493 e. The topological polar surface area (TPSA) is 71.5 Å². The van der Waals surface area contributed by atoms with E-state index in [1.165, 1.54) is 11.8 Å². The summed E-state index contributed by atoms with van der Waals surface area (Å²) in [6.07, 6.45) is 0.742. The summed E-state index contributed by atoms with van der Waals surface area (Å²) in [5, 5.41) is 11.6. The maximum atomic E-state index is 10.5. The molecule has 0 aliphatic rings. The number of ether oxygens (including phenoxy) is 1. The van der Waals surface area contributed by atoms with Crippen LogP contribution in [0.25, 0.3) is 0 Å². The summed E-state index contributed by atoms with van der Waals surface area (Å²) >= 11 is 1.38. The molecule has 122 valence electrons. The first kappa shape index (κ1) is 17.1. The van der Waals surface area contributed by atoms with Crippen LogP contribution in [0.15, 0.2) is 42.5 Å². The van der Waals surface area contributed by atoms with Crippen molar-refractivity contribution >= 4 is 23.5 Å². The first-order valence-corrected chi connectivity index (χ1v) is 8.48. The molecule has 0 unspecified atom stereocenters. The molecule has 0 spiro atoms. The van der Waals surface area contributed by atoms with Crippen molar-refractivity contribution in [2.75, 3.05) is 24.7 Å². The molecule has 5 nitrogen and oxygen atoms in total. The van der Waals surface area contributed by atoms with Gasteiger partial charge in [0.2, 0.25) is 0 Å². The normalized spacial score (nSPS) is 10.3. The third kappa shape index (κ3) is 6.20. The van der Waals surface area contributed by atoms with E-state index in [4.69, 9.17) is 9.84 Å². The van der Waals surface area contributed by atoms with E-state index in [1.54, 1.807) is 0 Å². The minimum atomic E-state index is -0.786. The van der Waals surface area contributed by atoms with Crippen molar-refractivity contribution < 1.29 is 14.6 Å². The molecular weight excluding hydrogens is 312 g/mol. The number of aromatic nitrogens is 1. The van der Waals surface area contributed by atoms with Crippen LogP contribution in [0.1, 0.15) is 11.3 Å². The molecule has 0 radical (unpaired) electrons. The van der Waals surface area contributed by atoms with Gasteiger partial charge in [-0.2, -0.15) is 0 Å². The predicted molar refractivity (Wildman–Crippen MR) is 93.2 cm³/mol. The monoisotopic (exact) mass is 332 g/mol. The molecular formula is C17H20N2O3S. The van der Waals surface area contributed by atoms with Crippen LogP contribution in [0.2, 0.25) is 0 Å². The van der Waals surface area contributed by atoms with Gasteiger partial charge < -0.3 is 15.2 Å². The quantitative estimate of drug-likeness (QED) is 0.735. The van der Waals surface area contributed by atoms with Crippen LogP contribution in [-0.2, 0) is 17.0 Å². The van der Waals surface area contributed by atoms with Crippen molar-refractivity contribution in [3.05, 3.63) is 53.7 Å². The molecule has 2 N–H and O–H groups in total. The number of anilines is 1. The second-order valence-electron chi connectivity index (χ2n) is 4.89. The summed E-state index contributed by atoms with van der Waals surface area (Å²) < 4.78 is 5.72. The Bertz CT molecular complexity index is 632. The minimum absolute atomic E-state index is 0.122. The van der Waals surface area contributed by atoms with Gasteiger partial charge in [0.1, 0.15) is 11.6 Å². The fourth-order valence-corrected chi connectivity index (χ4v) is 2.67. The highest BCUT2D eigenvalue weighted by Crippen LogP contribution is 2.17. The number of thioether (sulfide) groups is 1. The smallest absolute Gasteiger partial charge is 0.313 e. The Kier molecular flexibility index (Phi) is 6.75. The van der Waals surface area contributed by atoms with Gasteiger partial charge in [-0.15, -0.1) is 11.8 Å². The van der Waals surface area contributed by atoms with Crippen LogP contribution in [0.5, 0.6) is 5.75 Å². The van der Waals surface area contributed by atoms with E-state index in [2.05, 4.69) is 10.3 Å². The molecule has 2 rings (SSSR count). The van der Waals surface area contributed by atoms with Crippen LogP contribution in [-0.4, -0.2) is 35.5 Å². The van der Waals surface area contributed by atoms with Crippen LogP contribution in [0.4, 0.5) is 5.82 Å². The Labute approximate surface area is 140 Å². The molecule has 0 saturated heterocycles. The van der Waals surface area contributed by atoms with Gasteiger partial charge in [0.05, 0.1) is 12.4 Å². The molecule has 6 heteroatoms. The molecule has 1 aromatic carbocycles. The van der Waals surface area contributed by atoms with Gasteiger partial charge in [0.25, 0.3) is 0 Å². The Morgan fingerprint density at radius 3 is 2.74 bits per heavy atom. The lowest BCUT2D eigenvalue weighted by Crippen LogP contribution is -2.04. The number of aliphatic carboxylic acids is 1. The molecule has 0 bridgehead atoms. The summed E-state index contributed by atoms with van der Waals surface area (Å²) in [6.45, 7) is 0.563. The first-order valence-electron chi connectivity index (χ1n) is 7.32. The number of carbonyl (C=O) groups is 1. The highest BCUT2D eigenvalue weighted by molar-refractivity contribution is 7.99. The lowest BCUT2D eigenvalue weighted by molar-refractivity contribution is -0.133. The van der Waals surface area contributed by atoms with Gasteiger partial charge >= 0.3 is 5.97 Å². The zero-order valence-corrected chi connectivity index (χ0v) is 13.8. The van der Waals surface area contributed by atoms with Gasteiger partial charge in [0.15, 0.2) is 0 Å². The van der Waals surface area contributed by atoms with E-state index >= 15 is 0 Å². The Balaban J connectivity index is 1.76. The van der Waals surface area contributed by atoms with Crippen LogP contribution >= 0.6 is 11.8 Å². The van der Waals surface area contributed by atoms with Crippen LogP contribution in [0.3, 0.4) is 0 Å². The van der Waals surface area contributed by atoms with E-state index in [0.717, 1.165) is 29.2 Å². The average Bonchev–Trinajstić information content (AvgIpc) is 2.56. The number of nitrogens with one attached hydrogen (secondary N) is 1. The number of nitrogens with zero attached hydrogens (tertiary/aromatic N) is 1. The van der Waals surface area contributed by atoms with Gasteiger partial charge in [-0.3, -0.25) is 4.79 Å². The molecule has 2 aromatic rings. The van der Waals surface area contributed by atoms with Crippen molar-refractivity contribution in [1.82, 2.24) is 4.98 Å². The zero-order chi connectivity index (χ0) is 16.5. The fourth-order valence-electron chi connectivity index (χ4n) is 1.97. The summed E-state index contributed by atoms with van der Waals surface area (Å²) in [5.41, 5.74) is 2.07. The van der Waals surface area contributed by atoms with Crippen molar-refractivity contribution in [1.29, 1.82) is 0 Å². The van der Waals surface area contributed by atoms with Crippen molar-refractivity contribution in [2.24, 2.45) is 0 Å². The van der Waals surface area contributed by atoms with E-state index in [9.17, 15) is 4.79 Å². The molecule has 1 heterocycles. The summed E-state index contributed by atoms with van der Waals surface area (Å²) in [4.78, 5) is 14.9. The number of hydrogen-bond donors (Lipinski definition) is 2. The van der Waals surface area contributed by atoms with Gasteiger partial charge in [-0.05, 0) is 29.8 Å². The summed E-state index contributed by atoms with van der Waals surface area (Å²) in [7, 11) is 1.85. The zero-order valence-electron chi connectivity index (χ0n) is 13.0. The molecule has 1 aromatic heterocycles. The number of carboxylic acid groups (broad SMARTS) is 1. The molecule has 0 aliphatic carbocycles. The Morgan fingerprint density at radius 1 is 1.26 bits per heavy atom. The standard InChI is InChI=1S/C17H20N2O3S/c1-18-16-4-2-3-14(19-16)9-10-22-15-7-5-13(6-8-15)11-23-12-17(20)21/h2-8H,9-12H2,1H3,(H,18,19)(H,20,21). The third-order valence-corrected chi connectivity index (χ3v) is 4.10. The van der Waals surface area contributed by atoms with E-state index in [0.29, 0.717) is 12.4 Å². The first-order chi connectivity index (χ1) is 11.2. The summed E-state index contributed by atoms with van der Waals surface area (Å²) in [6, 6.07) is 13.6. The van der Waals surface area contributed by atoms with E-state index in [-0.39, 0.29) is 5.75 Å². The average molecular weight is 332 g/mol. The lowest BCUT2D eigenvalue weighted by atomic mass is 10.2. The molecule has 0 amide bonds. The number of hydrogen-bond acceptors (Lipinski definition) is 5. The molecule has 0 atom stereocenters. The summed E-state index contributed by atoms with van der Waals surface area (Å²) in [5.74, 6) is 1.68. The second kappa shape index (κ2) is 9.05. The molecule has 0 fully saturated rings. The van der Waals surface area contributed by atoms with E-state index < -0.39 is 5.97 Å². The molecule has 0 saturated carbocycles. The highest BCUT2D eigenvalue weighted by Gasteiger charge is 2.01. The van der Waals surface area contributed by atoms with Crippen molar-refractivity contribution in [3.63, 3.8) is 0 Å². The largest absolute Gasteiger partial charge is 0.493 e. The molecule has 0 aliphatic heterocycles. The maximum Gasteiger partial charge on any atom is 0.313 e. The van der Waals surface area contributed by atoms with Gasteiger partial charge in [-0.25, -0.2) is 4.98 Å². The fraction of sp³-hybridized carbons (Fsp3) is 0.294. The highest BCUT2D eigenvalue weighted by atomic mass is 32.2. The molecule has 23 heavy (non-hydrogen) atoms. The van der Waals surface area contributed by atoms with Crippen molar-refractivity contribution in [2.45, 2.75) is 12.2 Å². The van der Waals surface area contributed by atoms with Gasteiger partial charge in [0, 0.05) is 24.9 Å². The van der Waals surface area contributed by atoms with E-state index in [1.807, 2.05) is 49.5 Å². The predicted octanol–water partition coefficient (Wildman–Crippen LogP) is 3.06. The number of benzene rings is 1. The second-order valence-corrected chi connectivity index (χ2v) is 5.88. The van der Waals surface area contributed by atoms with Crippen LogP contribution < -0.4 is 10.1 Å². The number of rotatable bonds is 9. The van der Waals surface area contributed by atoms with Gasteiger partial charge in [-0.1, -0.05) is 18.2 Å². The third-order valence-electron chi connectivity index (χ3n) is 3.11. The Morgan fingerprint density at radius 2 is 2.04 bits per heavy atom. The SMILES string of the molecule is CNc1cccc(CCOc2ccc(CSCC(=O)O)cc2)n1. The van der Waals surface area contributed by atoms with Crippen LogP contribution in [0, 0.1) is 0 Å². The lowest BCUT2D eigenvalue weighted by Gasteiger charge is -2.08. The maximum absolute atomic E-state index is 10.5.